The number of hydrogen-bond donors (Lipinski definition) is 1. The molecule has 0 spiro atoms. The van der Waals surface area contributed by atoms with E-state index in [1.54, 1.807) is 85.2 Å². The van der Waals surface area contributed by atoms with E-state index in [9.17, 15) is 27.6 Å². The van der Waals surface area contributed by atoms with Crippen molar-refractivity contribution in [3.05, 3.63) is 106 Å². The summed E-state index contributed by atoms with van der Waals surface area (Å²) in [5, 5.41) is 4.23. The fourth-order valence-electron chi connectivity index (χ4n) is 5.88. The SMILES string of the molecule is CC(C)(C)OC(=O)CN(c1ccc2c(C(=O)NCc3ccc(C(=O)N4CCN(C(=O)OC(C)(C)C)CC4)cc3)cccc2c1)S(=O)(=O)c1cc(Cl)cc(Cl)c1. The van der Waals surface area contributed by atoms with Crippen LogP contribution in [0.5, 0.6) is 0 Å². The predicted octanol–water partition coefficient (Wildman–Crippen LogP) is 7.31. The van der Waals surface area contributed by atoms with E-state index in [1.807, 2.05) is 20.8 Å². The Morgan fingerprint density at radius 2 is 1.36 bits per heavy atom. The minimum atomic E-state index is -4.37. The third-order valence-corrected chi connectivity index (χ3v) is 10.6. The second-order valence-corrected chi connectivity index (χ2v) is 17.8. The first-order valence-corrected chi connectivity index (χ1v) is 19.8. The molecule has 1 heterocycles. The number of hydrogen-bond acceptors (Lipinski definition) is 8. The molecule has 1 fully saturated rings. The number of halogens is 2. The van der Waals surface area contributed by atoms with Gasteiger partial charge in [-0.1, -0.05) is 53.5 Å². The number of sulfonamides is 1. The van der Waals surface area contributed by atoms with E-state index in [0.29, 0.717) is 48.1 Å². The van der Waals surface area contributed by atoms with Gasteiger partial charge in [0, 0.05) is 53.9 Å². The third kappa shape index (κ3) is 10.7. The Kier molecular flexibility index (Phi) is 12.4. The van der Waals surface area contributed by atoms with Crippen LogP contribution >= 0.6 is 23.2 Å². The van der Waals surface area contributed by atoms with Crippen molar-refractivity contribution >= 4 is 73.6 Å². The zero-order chi connectivity index (χ0) is 40.3. The van der Waals surface area contributed by atoms with Crippen molar-refractivity contribution in [3.63, 3.8) is 0 Å². The summed E-state index contributed by atoms with van der Waals surface area (Å²) in [5.41, 5.74) is 0.314. The summed E-state index contributed by atoms with van der Waals surface area (Å²) < 4.78 is 39.8. The van der Waals surface area contributed by atoms with Crippen molar-refractivity contribution in [2.75, 3.05) is 37.0 Å². The molecule has 1 N–H and O–H groups in total. The lowest BCUT2D eigenvalue weighted by atomic mass is 10.0. The summed E-state index contributed by atoms with van der Waals surface area (Å²) in [6.45, 7) is 11.5. The van der Waals surface area contributed by atoms with Gasteiger partial charge in [-0.15, -0.1) is 0 Å². The van der Waals surface area contributed by atoms with E-state index in [4.69, 9.17) is 32.7 Å². The molecule has 12 nitrogen and oxygen atoms in total. The summed E-state index contributed by atoms with van der Waals surface area (Å²) in [6.07, 6.45) is -0.396. The molecule has 4 aromatic rings. The maximum absolute atomic E-state index is 14.0. The topological polar surface area (TPSA) is 143 Å². The molecular weight excluding hydrogens is 767 g/mol. The zero-order valence-electron chi connectivity index (χ0n) is 31.5. The molecule has 0 radical (unpaired) electrons. The summed E-state index contributed by atoms with van der Waals surface area (Å²) in [4.78, 5) is 55.1. The average molecular weight is 812 g/mol. The van der Waals surface area contributed by atoms with Gasteiger partial charge in [-0.25, -0.2) is 13.2 Å². The van der Waals surface area contributed by atoms with Crippen LogP contribution in [0.15, 0.2) is 83.8 Å². The first-order valence-electron chi connectivity index (χ1n) is 17.6. The number of fused-ring (bicyclic) bond motifs is 1. The van der Waals surface area contributed by atoms with Crippen molar-refractivity contribution in [3.8, 4) is 0 Å². The van der Waals surface area contributed by atoms with Gasteiger partial charge in [0.25, 0.3) is 21.8 Å². The van der Waals surface area contributed by atoms with Crippen LogP contribution in [0.4, 0.5) is 10.5 Å². The van der Waals surface area contributed by atoms with E-state index in [0.717, 1.165) is 9.87 Å². The van der Waals surface area contributed by atoms with Gasteiger partial charge in [0.15, 0.2) is 0 Å². The molecule has 5 rings (SSSR count). The van der Waals surface area contributed by atoms with Crippen LogP contribution < -0.4 is 9.62 Å². The lowest BCUT2D eigenvalue weighted by molar-refractivity contribution is -0.152. The molecule has 1 saturated heterocycles. The molecule has 1 aliphatic heterocycles. The molecule has 3 amide bonds. The molecule has 4 aromatic carbocycles. The maximum atomic E-state index is 14.0. The second-order valence-electron chi connectivity index (χ2n) is 15.1. The number of amides is 3. The minimum Gasteiger partial charge on any atom is -0.459 e. The van der Waals surface area contributed by atoms with Crippen LogP contribution in [0.1, 0.15) is 67.8 Å². The molecular formula is C40H44Cl2N4O8S. The van der Waals surface area contributed by atoms with Crippen molar-refractivity contribution in [2.24, 2.45) is 0 Å². The van der Waals surface area contributed by atoms with Crippen molar-refractivity contribution in [1.82, 2.24) is 15.1 Å². The largest absolute Gasteiger partial charge is 0.459 e. The van der Waals surface area contributed by atoms with Gasteiger partial charge in [-0.2, -0.15) is 0 Å². The number of piperazine rings is 1. The number of nitrogens with one attached hydrogen (secondary N) is 1. The fraction of sp³-hybridized carbons (Fsp3) is 0.350. The molecule has 55 heavy (non-hydrogen) atoms. The molecule has 0 aromatic heterocycles. The quantitative estimate of drug-likeness (QED) is 0.174. The standard InChI is InChI=1S/C40H44Cl2N4O8S/c1-39(2,3)53-35(47)25-46(55(51,52)32-22-29(41)21-30(42)23-32)31-14-15-33-28(20-31)8-7-9-34(33)36(48)43-24-26-10-12-27(13-11-26)37(49)44-16-18-45(19-17-44)38(50)54-40(4,5)6/h7-15,20-23H,16-19,24-25H2,1-6H3,(H,43,48). The van der Waals surface area contributed by atoms with Crippen LogP contribution in [-0.4, -0.2) is 86.0 Å². The fourth-order valence-corrected chi connectivity index (χ4v) is 8.01. The van der Waals surface area contributed by atoms with Gasteiger partial charge in [0.2, 0.25) is 0 Å². The summed E-state index contributed by atoms with van der Waals surface area (Å²) in [6, 6.07) is 20.6. The lowest BCUT2D eigenvalue weighted by Crippen LogP contribution is -2.51. The van der Waals surface area contributed by atoms with Gasteiger partial charge in [-0.05, 0) is 106 Å². The van der Waals surface area contributed by atoms with E-state index in [-0.39, 0.29) is 39.0 Å². The van der Waals surface area contributed by atoms with Crippen LogP contribution in [0.25, 0.3) is 10.8 Å². The maximum Gasteiger partial charge on any atom is 0.410 e. The van der Waals surface area contributed by atoms with E-state index >= 15 is 0 Å². The first-order chi connectivity index (χ1) is 25.7. The zero-order valence-corrected chi connectivity index (χ0v) is 33.8. The monoisotopic (exact) mass is 810 g/mol. The molecule has 0 bridgehead atoms. The summed E-state index contributed by atoms with van der Waals surface area (Å²) in [7, 11) is -4.37. The van der Waals surface area contributed by atoms with Crippen molar-refractivity contribution in [2.45, 2.75) is 64.2 Å². The van der Waals surface area contributed by atoms with Gasteiger partial charge in [0.05, 0.1) is 10.6 Å². The smallest absolute Gasteiger partial charge is 0.410 e. The van der Waals surface area contributed by atoms with Gasteiger partial charge < -0.3 is 24.6 Å². The summed E-state index contributed by atoms with van der Waals surface area (Å²) in [5.74, 6) is -1.29. The number of nitrogens with zero attached hydrogens (tertiary/aromatic N) is 3. The molecule has 0 atom stereocenters. The number of esters is 1. The van der Waals surface area contributed by atoms with Crippen LogP contribution in [0.2, 0.25) is 10.0 Å². The van der Waals surface area contributed by atoms with E-state index in [2.05, 4.69) is 5.32 Å². The highest BCUT2D eigenvalue weighted by atomic mass is 35.5. The molecule has 1 aliphatic rings. The molecule has 292 valence electrons. The van der Waals surface area contributed by atoms with Gasteiger partial charge >= 0.3 is 12.1 Å². The third-order valence-electron chi connectivity index (χ3n) is 8.39. The number of rotatable bonds is 9. The number of benzene rings is 4. The summed E-state index contributed by atoms with van der Waals surface area (Å²) >= 11 is 12.3. The average Bonchev–Trinajstić information content (AvgIpc) is 3.10. The Balaban J connectivity index is 1.28. The number of ether oxygens (including phenoxy) is 2. The highest BCUT2D eigenvalue weighted by Gasteiger charge is 2.31. The van der Waals surface area contributed by atoms with Crippen LogP contribution in [0, 0.1) is 0 Å². The van der Waals surface area contributed by atoms with Crippen LogP contribution in [-0.2, 0) is 30.8 Å². The first kappa shape index (κ1) is 41.3. The predicted molar refractivity (Wildman–Crippen MR) is 212 cm³/mol. The molecule has 0 unspecified atom stereocenters. The Labute approximate surface area is 331 Å². The number of carbonyl (C=O) groups is 4. The number of anilines is 1. The van der Waals surface area contributed by atoms with Gasteiger partial charge in [0.1, 0.15) is 17.7 Å². The normalized spacial score (nSPS) is 13.7. The highest BCUT2D eigenvalue weighted by Crippen LogP contribution is 2.31. The Morgan fingerprint density at radius 1 is 0.764 bits per heavy atom. The molecule has 0 aliphatic carbocycles. The second kappa shape index (κ2) is 16.5. The van der Waals surface area contributed by atoms with Crippen LogP contribution in [0.3, 0.4) is 0 Å². The minimum absolute atomic E-state index is 0.105. The van der Waals surface area contributed by atoms with E-state index in [1.165, 1.54) is 24.3 Å². The van der Waals surface area contributed by atoms with Gasteiger partial charge in [-0.3, -0.25) is 18.7 Å². The molecule has 15 heteroatoms. The lowest BCUT2D eigenvalue weighted by Gasteiger charge is -2.35. The van der Waals surface area contributed by atoms with Crippen molar-refractivity contribution in [1.29, 1.82) is 0 Å². The Hall–Kier alpha value is -4.85. The molecule has 0 saturated carbocycles. The number of carbonyl (C=O) groups excluding carboxylic acids is 4. The Morgan fingerprint density at radius 3 is 1.96 bits per heavy atom. The van der Waals surface area contributed by atoms with E-state index < -0.39 is 39.8 Å². The van der Waals surface area contributed by atoms with Crippen molar-refractivity contribution < 1.29 is 37.1 Å². The highest BCUT2D eigenvalue weighted by molar-refractivity contribution is 7.92. The Bertz CT molecular complexity index is 2190.